The number of benzene rings is 1. The van der Waals surface area contributed by atoms with Crippen LogP contribution in [0.2, 0.25) is 0 Å². The predicted molar refractivity (Wildman–Crippen MR) is 94.7 cm³/mol. The van der Waals surface area contributed by atoms with Gasteiger partial charge >= 0.3 is 0 Å². The Hall–Kier alpha value is -2.24. The SMILES string of the molecule is CC1(C)C(=O)C(N)=CC2CN(C(=O)c3ccccc3CC(F)F)CCC21. The van der Waals surface area contributed by atoms with E-state index < -0.39 is 18.3 Å². The third kappa shape index (κ3) is 3.24. The third-order valence-corrected chi connectivity index (χ3v) is 5.74. The number of amides is 1. The summed E-state index contributed by atoms with van der Waals surface area (Å²) in [6.07, 6.45) is -0.475. The van der Waals surface area contributed by atoms with Gasteiger partial charge in [-0.15, -0.1) is 0 Å². The first-order valence-electron chi connectivity index (χ1n) is 8.89. The highest BCUT2D eigenvalue weighted by molar-refractivity contribution is 6.00. The molecule has 6 heteroatoms. The number of Topliss-reactive ketones (excluding diaryl/α,β-unsaturated/α-hetero) is 1. The fourth-order valence-electron chi connectivity index (χ4n) is 4.32. The van der Waals surface area contributed by atoms with Crippen LogP contribution in [0.3, 0.4) is 0 Å². The second kappa shape index (κ2) is 6.82. The van der Waals surface area contributed by atoms with Crippen LogP contribution in [-0.4, -0.2) is 36.1 Å². The molecule has 2 N–H and O–H groups in total. The molecule has 0 saturated carbocycles. The molecule has 0 bridgehead atoms. The van der Waals surface area contributed by atoms with Crippen LogP contribution in [0.5, 0.6) is 0 Å². The summed E-state index contributed by atoms with van der Waals surface area (Å²) in [4.78, 5) is 27.0. The van der Waals surface area contributed by atoms with Crippen molar-refractivity contribution in [3.05, 3.63) is 47.2 Å². The van der Waals surface area contributed by atoms with Crippen molar-refractivity contribution in [2.75, 3.05) is 13.1 Å². The summed E-state index contributed by atoms with van der Waals surface area (Å²) < 4.78 is 25.6. The van der Waals surface area contributed by atoms with Gasteiger partial charge in [0.1, 0.15) is 0 Å². The zero-order chi connectivity index (χ0) is 19.1. The summed E-state index contributed by atoms with van der Waals surface area (Å²) in [5.41, 5.74) is 6.29. The van der Waals surface area contributed by atoms with E-state index in [1.807, 2.05) is 13.8 Å². The van der Waals surface area contributed by atoms with Crippen molar-refractivity contribution in [1.82, 2.24) is 4.90 Å². The van der Waals surface area contributed by atoms with Crippen LogP contribution in [0, 0.1) is 17.3 Å². The lowest BCUT2D eigenvalue weighted by atomic mass is 9.62. The van der Waals surface area contributed by atoms with Gasteiger partial charge in [0.05, 0.1) is 5.70 Å². The fourth-order valence-corrected chi connectivity index (χ4v) is 4.32. The number of nitrogens with two attached hydrogens (primary N) is 1. The molecule has 0 radical (unpaired) electrons. The van der Waals surface area contributed by atoms with Gasteiger partial charge in [-0.2, -0.15) is 0 Å². The lowest BCUT2D eigenvalue weighted by Gasteiger charge is -2.47. The van der Waals surface area contributed by atoms with Crippen LogP contribution in [-0.2, 0) is 11.2 Å². The van der Waals surface area contributed by atoms with Crippen molar-refractivity contribution < 1.29 is 18.4 Å². The third-order valence-electron chi connectivity index (χ3n) is 5.74. The molecule has 1 aromatic carbocycles. The van der Waals surface area contributed by atoms with E-state index in [0.29, 0.717) is 30.6 Å². The number of halogens is 2. The van der Waals surface area contributed by atoms with Gasteiger partial charge in [-0.3, -0.25) is 9.59 Å². The second-order valence-corrected chi connectivity index (χ2v) is 7.74. The summed E-state index contributed by atoms with van der Waals surface area (Å²) in [6.45, 7) is 4.77. The van der Waals surface area contributed by atoms with Crippen molar-refractivity contribution in [1.29, 1.82) is 0 Å². The number of nitrogens with zero attached hydrogens (tertiary/aromatic N) is 1. The van der Waals surface area contributed by atoms with Crippen LogP contribution in [0.4, 0.5) is 8.78 Å². The molecular weight excluding hydrogens is 338 g/mol. The van der Waals surface area contributed by atoms with Gasteiger partial charge in [0.2, 0.25) is 6.43 Å². The lowest BCUT2D eigenvalue weighted by molar-refractivity contribution is -0.129. The average Bonchev–Trinajstić information content (AvgIpc) is 2.59. The first-order chi connectivity index (χ1) is 12.2. The number of fused-ring (bicyclic) bond motifs is 1. The van der Waals surface area contributed by atoms with Crippen molar-refractivity contribution in [3.8, 4) is 0 Å². The largest absolute Gasteiger partial charge is 0.396 e. The van der Waals surface area contributed by atoms with Crippen LogP contribution >= 0.6 is 0 Å². The number of hydrogen-bond acceptors (Lipinski definition) is 3. The van der Waals surface area contributed by atoms with Gasteiger partial charge in [0.15, 0.2) is 5.78 Å². The Bertz CT molecular complexity index is 758. The number of ketones is 1. The molecule has 1 amide bonds. The minimum Gasteiger partial charge on any atom is -0.396 e. The highest BCUT2D eigenvalue weighted by Crippen LogP contribution is 2.44. The lowest BCUT2D eigenvalue weighted by Crippen LogP contribution is -2.52. The molecule has 0 aromatic heterocycles. The molecule has 1 aromatic rings. The Balaban J connectivity index is 1.83. The number of piperidine rings is 1. The number of rotatable bonds is 3. The molecule has 4 nitrogen and oxygen atoms in total. The highest BCUT2D eigenvalue weighted by Gasteiger charge is 2.47. The molecule has 2 unspecified atom stereocenters. The summed E-state index contributed by atoms with van der Waals surface area (Å²) in [5, 5.41) is 0. The normalized spacial score (nSPS) is 25.0. The van der Waals surface area contributed by atoms with Crippen molar-refractivity contribution in [3.63, 3.8) is 0 Å². The van der Waals surface area contributed by atoms with E-state index in [2.05, 4.69) is 0 Å². The molecule has 26 heavy (non-hydrogen) atoms. The van der Waals surface area contributed by atoms with Crippen LogP contribution in [0.1, 0.15) is 36.2 Å². The monoisotopic (exact) mass is 362 g/mol. The molecular formula is C20H24F2N2O2. The zero-order valence-electron chi connectivity index (χ0n) is 15.0. The smallest absolute Gasteiger partial charge is 0.254 e. The summed E-state index contributed by atoms with van der Waals surface area (Å²) >= 11 is 0. The molecule has 2 atom stereocenters. The molecule has 1 fully saturated rings. The number of carbonyl (C=O) groups excluding carboxylic acids is 2. The Kier molecular flexibility index (Phi) is 4.86. The molecule has 0 spiro atoms. The molecule has 1 heterocycles. The minimum atomic E-state index is -2.50. The summed E-state index contributed by atoms with van der Waals surface area (Å²) in [5.74, 6) is -0.146. The Morgan fingerprint density at radius 2 is 2.04 bits per heavy atom. The Labute approximate surface area is 152 Å². The minimum absolute atomic E-state index is 0.00246. The number of likely N-dealkylation sites (tertiary alicyclic amines) is 1. The van der Waals surface area contributed by atoms with E-state index in [4.69, 9.17) is 5.73 Å². The van der Waals surface area contributed by atoms with Crippen LogP contribution < -0.4 is 5.73 Å². The standard InChI is InChI=1S/C20H24F2N2O2/c1-20(2)15-7-8-24(11-13(15)9-16(23)18(20)25)19(26)14-6-4-3-5-12(14)10-17(21)22/h3-6,9,13,15,17H,7-8,10-11,23H2,1-2H3. The first kappa shape index (κ1) is 18.5. The number of alkyl halides is 2. The maximum absolute atomic E-state index is 12.9. The van der Waals surface area contributed by atoms with E-state index >= 15 is 0 Å². The maximum atomic E-state index is 12.9. The number of hydrogen-bond donors (Lipinski definition) is 1. The van der Waals surface area contributed by atoms with Gasteiger partial charge in [-0.1, -0.05) is 38.1 Å². The first-order valence-corrected chi connectivity index (χ1v) is 8.89. The Morgan fingerprint density at radius 1 is 1.35 bits per heavy atom. The highest BCUT2D eigenvalue weighted by atomic mass is 19.3. The summed E-state index contributed by atoms with van der Waals surface area (Å²) in [7, 11) is 0. The number of carbonyl (C=O) groups is 2. The fraction of sp³-hybridized carbons (Fsp3) is 0.500. The average molecular weight is 362 g/mol. The van der Waals surface area contributed by atoms with Crippen LogP contribution in [0.15, 0.2) is 36.0 Å². The topological polar surface area (TPSA) is 63.4 Å². The van der Waals surface area contributed by atoms with Crippen molar-refractivity contribution in [2.45, 2.75) is 33.1 Å². The van der Waals surface area contributed by atoms with Gasteiger partial charge in [0, 0.05) is 36.4 Å². The van der Waals surface area contributed by atoms with Gasteiger partial charge in [-0.05, 0) is 24.0 Å². The van der Waals surface area contributed by atoms with E-state index in [9.17, 15) is 18.4 Å². The zero-order valence-corrected chi connectivity index (χ0v) is 15.0. The molecule has 140 valence electrons. The van der Waals surface area contributed by atoms with Gasteiger partial charge < -0.3 is 10.6 Å². The molecule has 1 saturated heterocycles. The predicted octanol–water partition coefficient (Wildman–Crippen LogP) is 3.02. The van der Waals surface area contributed by atoms with Gasteiger partial charge in [0.25, 0.3) is 5.91 Å². The van der Waals surface area contributed by atoms with E-state index in [1.54, 1.807) is 35.2 Å². The van der Waals surface area contributed by atoms with Crippen molar-refractivity contribution in [2.24, 2.45) is 23.0 Å². The maximum Gasteiger partial charge on any atom is 0.254 e. The number of allylic oxidation sites excluding steroid dienone is 1. The molecule has 1 aliphatic heterocycles. The molecule has 3 rings (SSSR count). The van der Waals surface area contributed by atoms with E-state index in [-0.39, 0.29) is 29.2 Å². The molecule has 2 aliphatic rings. The second-order valence-electron chi connectivity index (χ2n) is 7.74. The van der Waals surface area contributed by atoms with Gasteiger partial charge in [-0.25, -0.2) is 8.78 Å². The molecule has 1 aliphatic carbocycles. The quantitative estimate of drug-likeness (QED) is 0.899. The van der Waals surface area contributed by atoms with Crippen molar-refractivity contribution >= 4 is 11.7 Å². The van der Waals surface area contributed by atoms with E-state index in [0.717, 1.165) is 0 Å². The summed E-state index contributed by atoms with van der Waals surface area (Å²) in [6, 6.07) is 6.53. The van der Waals surface area contributed by atoms with Crippen LogP contribution in [0.25, 0.3) is 0 Å². The van der Waals surface area contributed by atoms with E-state index in [1.165, 1.54) is 0 Å². The Morgan fingerprint density at radius 3 is 2.73 bits per heavy atom.